The van der Waals surface area contributed by atoms with Crippen LogP contribution >= 0.6 is 0 Å². The van der Waals surface area contributed by atoms with Gasteiger partial charge in [0, 0.05) is 0 Å². The van der Waals surface area contributed by atoms with Gasteiger partial charge in [-0.15, -0.1) is 0 Å². The minimum Gasteiger partial charge on any atom is -0.370 e. The molecule has 2 saturated carbocycles. The van der Waals surface area contributed by atoms with E-state index in [9.17, 15) is 0 Å². The van der Waals surface area contributed by atoms with Crippen LogP contribution in [0, 0.1) is 23.7 Å². The standard InChI is InChI=1S/C14H22O2/c1-7-3-11-13(15-11)5-9(7)10-6-14-12(16-14)4-8(10)2/h7-14H,3-6H2,1-2H3. The van der Waals surface area contributed by atoms with Gasteiger partial charge in [0.05, 0.1) is 24.4 Å². The minimum absolute atomic E-state index is 0.631. The highest BCUT2D eigenvalue weighted by atomic mass is 16.6. The van der Waals surface area contributed by atoms with E-state index < -0.39 is 0 Å². The Kier molecular flexibility index (Phi) is 2.00. The highest BCUT2D eigenvalue weighted by Crippen LogP contribution is 2.52. The summed E-state index contributed by atoms with van der Waals surface area (Å²) in [5.41, 5.74) is 0. The zero-order valence-corrected chi connectivity index (χ0v) is 10.3. The largest absolute Gasteiger partial charge is 0.370 e. The maximum atomic E-state index is 5.71. The van der Waals surface area contributed by atoms with Crippen LogP contribution in [0.15, 0.2) is 0 Å². The molecule has 2 nitrogen and oxygen atoms in total. The second-order valence-corrected chi connectivity index (χ2v) is 6.65. The highest BCUT2D eigenvalue weighted by molar-refractivity contribution is 5.02. The van der Waals surface area contributed by atoms with Crippen molar-refractivity contribution in [2.24, 2.45) is 23.7 Å². The molecular formula is C14H22O2. The van der Waals surface area contributed by atoms with E-state index in [2.05, 4.69) is 13.8 Å². The Labute approximate surface area is 97.7 Å². The Bertz CT molecular complexity index is 273. The first kappa shape index (κ1) is 9.90. The smallest absolute Gasteiger partial charge is 0.0844 e. The third-order valence-corrected chi connectivity index (χ3v) is 5.60. The van der Waals surface area contributed by atoms with Gasteiger partial charge in [0.25, 0.3) is 0 Å². The average Bonchev–Trinajstić information content (AvgIpc) is 3.09. The third-order valence-electron chi connectivity index (χ3n) is 5.60. The lowest BCUT2D eigenvalue weighted by molar-refractivity contribution is 0.118. The van der Waals surface area contributed by atoms with E-state index in [0.717, 1.165) is 23.7 Å². The summed E-state index contributed by atoms with van der Waals surface area (Å²) in [6.07, 6.45) is 7.82. The first-order valence-electron chi connectivity index (χ1n) is 7.03. The maximum Gasteiger partial charge on any atom is 0.0844 e. The Morgan fingerprint density at radius 3 is 1.44 bits per heavy atom. The molecule has 4 fully saturated rings. The molecule has 0 amide bonds. The van der Waals surface area contributed by atoms with Crippen LogP contribution < -0.4 is 0 Å². The molecule has 8 unspecified atom stereocenters. The molecule has 0 N–H and O–H groups in total. The molecule has 8 atom stereocenters. The molecule has 16 heavy (non-hydrogen) atoms. The zero-order chi connectivity index (χ0) is 10.9. The minimum atomic E-state index is 0.631. The van der Waals surface area contributed by atoms with Gasteiger partial charge in [-0.3, -0.25) is 0 Å². The number of epoxide rings is 2. The summed E-state index contributed by atoms with van der Waals surface area (Å²) in [6, 6.07) is 0. The van der Waals surface area contributed by atoms with Gasteiger partial charge in [-0.05, 0) is 49.4 Å². The van der Waals surface area contributed by atoms with Crippen molar-refractivity contribution in [1.82, 2.24) is 0 Å². The molecular weight excluding hydrogens is 200 g/mol. The predicted octanol–water partition coefficient (Wildman–Crippen LogP) is 2.61. The molecule has 0 radical (unpaired) electrons. The second kappa shape index (κ2) is 3.23. The van der Waals surface area contributed by atoms with Crippen LogP contribution in [0.4, 0.5) is 0 Å². The summed E-state index contributed by atoms with van der Waals surface area (Å²) in [5.74, 6) is 3.55. The molecule has 2 saturated heterocycles. The summed E-state index contributed by atoms with van der Waals surface area (Å²) in [6.45, 7) is 4.88. The van der Waals surface area contributed by atoms with Crippen LogP contribution in [0.5, 0.6) is 0 Å². The lowest BCUT2D eigenvalue weighted by Crippen LogP contribution is -2.35. The summed E-state index contributed by atoms with van der Waals surface area (Å²) < 4.78 is 11.4. The van der Waals surface area contributed by atoms with Gasteiger partial charge in [0.1, 0.15) is 0 Å². The third kappa shape index (κ3) is 1.46. The average molecular weight is 222 g/mol. The van der Waals surface area contributed by atoms with Crippen molar-refractivity contribution in [2.75, 3.05) is 0 Å². The van der Waals surface area contributed by atoms with Crippen LogP contribution in [0.2, 0.25) is 0 Å². The first-order chi connectivity index (χ1) is 7.72. The monoisotopic (exact) mass is 222 g/mol. The van der Waals surface area contributed by atoms with E-state index in [1.54, 1.807) is 0 Å². The molecule has 0 bridgehead atoms. The van der Waals surface area contributed by atoms with Gasteiger partial charge < -0.3 is 9.47 Å². The summed E-state index contributed by atoms with van der Waals surface area (Å²) in [7, 11) is 0. The second-order valence-electron chi connectivity index (χ2n) is 6.65. The highest BCUT2D eigenvalue weighted by Gasteiger charge is 2.54. The van der Waals surface area contributed by atoms with Crippen molar-refractivity contribution < 1.29 is 9.47 Å². The lowest BCUT2D eigenvalue weighted by Gasteiger charge is -2.38. The molecule has 0 spiro atoms. The van der Waals surface area contributed by atoms with E-state index in [0.29, 0.717) is 24.4 Å². The van der Waals surface area contributed by atoms with Crippen molar-refractivity contribution in [2.45, 2.75) is 63.9 Å². The van der Waals surface area contributed by atoms with Crippen LogP contribution in [-0.2, 0) is 9.47 Å². The lowest BCUT2D eigenvalue weighted by atomic mass is 9.65. The number of rotatable bonds is 1. The van der Waals surface area contributed by atoms with Crippen molar-refractivity contribution in [1.29, 1.82) is 0 Å². The van der Waals surface area contributed by atoms with Crippen molar-refractivity contribution in [3.63, 3.8) is 0 Å². The summed E-state index contributed by atoms with van der Waals surface area (Å²) >= 11 is 0. The van der Waals surface area contributed by atoms with E-state index in [-0.39, 0.29) is 0 Å². The van der Waals surface area contributed by atoms with Crippen molar-refractivity contribution in [3.05, 3.63) is 0 Å². The number of hydrogen-bond acceptors (Lipinski definition) is 2. The molecule has 0 aromatic heterocycles. The molecule has 0 aromatic rings. The molecule has 2 heterocycles. The van der Waals surface area contributed by atoms with Gasteiger partial charge in [-0.25, -0.2) is 0 Å². The van der Waals surface area contributed by atoms with E-state index in [1.807, 2.05) is 0 Å². The van der Waals surface area contributed by atoms with E-state index >= 15 is 0 Å². The zero-order valence-electron chi connectivity index (χ0n) is 10.3. The molecule has 90 valence electrons. The predicted molar refractivity (Wildman–Crippen MR) is 61.1 cm³/mol. The Morgan fingerprint density at radius 1 is 0.625 bits per heavy atom. The van der Waals surface area contributed by atoms with E-state index in [1.165, 1.54) is 25.7 Å². The molecule has 2 heteroatoms. The molecule has 0 aromatic carbocycles. The van der Waals surface area contributed by atoms with Crippen molar-refractivity contribution in [3.8, 4) is 0 Å². The molecule has 4 rings (SSSR count). The van der Waals surface area contributed by atoms with Gasteiger partial charge >= 0.3 is 0 Å². The Morgan fingerprint density at radius 2 is 1.00 bits per heavy atom. The van der Waals surface area contributed by atoms with Crippen LogP contribution in [-0.4, -0.2) is 24.4 Å². The van der Waals surface area contributed by atoms with Crippen LogP contribution in [0.1, 0.15) is 39.5 Å². The Balaban J connectivity index is 1.50. The van der Waals surface area contributed by atoms with Crippen molar-refractivity contribution >= 4 is 0 Å². The summed E-state index contributed by atoms with van der Waals surface area (Å²) in [5, 5.41) is 0. The van der Waals surface area contributed by atoms with Gasteiger partial charge in [0.2, 0.25) is 0 Å². The molecule has 2 aliphatic heterocycles. The van der Waals surface area contributed by atoms with Crippen LogP contribution in [0.25, 0.3) is 0 Å². The maximum absolute atomic E-state index is 5.71. The summed E-state index contributed by atoms with van der Waals surface area (Å²) in [4.78, 5) is 0. The fourth-order valence-electron chi connectivity index (χ4n) is 4.46. The first-order valence-corrected chi connectivity index (χ1v) is 7.03. The topological polar surface area (TPSA) is 25.1 Å². The quantitative estimate of drug-likeness (QED) is 0.637. The fraction of sp³-hybridized carbons (Fsp3) is 1.00. The normalized spacial score (nSPS) is 63.4. The molecule has 4 aliphatic rings. The number of fused-ring (bicyclic) bond motifs is 2. The SMILES string of the molecule is CC1CC2OC2CC1C1CC2OC2CC1C. The number of ether oxygens (including phenoxy) is 2. The van der Waals surface area contributed by atoms with Crippen LogP contribution in [0.3, 0.4) is 0 Å². The van der Waals surface area contributed by atoms with E-state index in [4.69, 9.17) is 9.47 Å². The van der Waals surface area contributed by atoms with Gasteiger partial charge in [-0.1, -0.05) is 13.8 Å². The Hall–Kier alpha value is -0.0800. The number of hydrogen-bond donors (Lipinski definition) is 0. The molecule has 2 aliphatic carbocycles. The van der Waals surface area contributed by atoms with Gasteiger partial charge in [-0.2, -0.15) is 0 Å². The fourth-order valence-corrected chi connectivity index (χ4v) is 4.46. The van der Waals surface area contributed by atoms with Gasteiger partial charge in [0.15, 0.2) is 0 Å².